The summed E-state index contributed by atoms with van der Waals surface area (Å²) in [5, 5.41) is 9.65. The van der Waals surface area contributed by atoms with Gasteiger partial charge in [-0.25, -0.2) is 0 Å². The van der Waals surface area contributed by atoms with Gasteiger partial charge in [-0.1, -0.05) is 23.6 Å². The van der Waals surface area contributed by atoms with Crippen LogP contribution in [0.25, 0.3) is 0 Å². The number of aromatic hydroxyl groups is 1. The molecule has 0 fully saturated rings. The largest absolute Gasteiger partial charge is 0.507 e. The van der Waals surface area contributed by atoms with Crippen molar-refractivity contribution in [2.45, 2.75) is 13.3 Å². The summed E-state index contributed by atoms with van der Waals surface area (Å²) in [6, 6.07) is 4.90. The third-order valence-electron chi connectivity index (χ3n) is 1.96. The van der Waals surface area contributed by atoms with Crippen LogP contribution in [0, 0.1) is 11.8 Å². The summed E-state index contributed by atoms with van der Waals surface area (Å²) in [6.45, 7) is 1.53. The molecule has 1 rings (SSSR count). The van der Waals surface area contributed by atoms with E-state index in [4.69, 9.17) is 4.74 Å². The predicted molar refractivity (Wildman–Crippen MR) is 69.3 cm³/mol. The molecule has 0 unspecified atom stereocenters. The highest BCUT2D eigenvalue weighted by Gasteiger charge is 1.99. The number of rotatable bonds is 3. The van der Waals surface area contributed by atoms with Gasteiger partial charge in [0.1, 0.15) is 11.5 Å². The number of ether oxygens (including phenoxy) is 1. The quantitative estimate of drug-likeness (QED) is 0.661. The van der Waals surface area contributed by atoms with Gasteiger partial charge in [-0.2, -0.15) is 0 Å². The zero-order valence-electron chi connectivity index (χ0n) is 9.82. The number of carbonyl (C=O) groups is 1. The Bertz CT molecular complexity index is 457. The summed E-state index contributed by atoms with van der Waals surface area (Å²) in [6.07, 6.45) is 0.612. The zero-order valence-corrected chi connectivity index (χ0v) is 10.6. The van der Waals surface area contributed by atoms with Crippen LogP contribution < -0.4 is 4.74 Å². The second-order valence-electron chi connectivity index (χ2n) is 3.27. The summed E-state index contributed by atoms with van der Waals surface area (Å²) < 4.78 is 5.04. The van der Waals surface area contributed by atoms with Crippen LogP contribution in [-0.2, 0) is 4.79 Å². The Hall–Kier alpha value is -1.60. The van der Waals surface area contributed by atoms with Crippen LogP contribution in [0.3, 0.4) is 0 Å². The molecule has 0 heterocycles. The lowest BCUT2D eigenvalue weighted by atomic mass is 10.2. The van der Waals surface area contributed by atoms with Crippen molar-refractivity contribution in [3.8, 4) is 23.3 Å². The first kappa shape index (κ1) is 13.5. The molecule has 90 valence electrons. The van der Waals surface area contributed by atoms with Gasteiger partial charge in [0.2, 0.25) is 0 Å². The van der Waals surface area contributed by atoms with E-state index >= 15 is 0 Å². The number of hydrogen-bond acceptors (Lipinski definition) is 4. The lowest BCUT2D eigenvalue weighted by molar-refractivity contribution is -0.109. The molecule has 0 saturated heterocycles. The Morgan fingerprint density at radius 1 is 1.53 bits per heavy atom. The molecule has 0 amide bonds. The van der Waals surface area contributed by atoms with Gasteiger partial charge >= 0.3 is 0 Å². The summed E-state index contributed by atoms with van der Waals surface area (Å²) in [5.74, 6) is 7.24. The maximum absolute atomic E-state index is 10.7. The zero-order chi connectivity index (χ0) is 12.7. The van der Waals surface area contributed by atoms with Gasteiger partial charge < -0.3 is 9.84 Å². The normalized spacial score (nSPS) is 9.29. The van der Waals surface area contributed by atoms with Crippen molar-refractivity contribution in [1.29, 1.82) is 0 Å². The molecular weight excluding hydrogens is 236 g/mol. The molecule has 0 spiro atoms. The Labute approximate surface area is 105 Å². The Balaban J connectivity index is 2.61. The van der Waals surface area contributed by atoms with Crippen LogP contribution in [0.4, 0.5) is 0 Å². The van der Waals surface area contributed by atoms with Crippen LogP contribution in [0.15, 0.2) is 18.2 Å². The lowest BCUT2D eigenvalue weighted by Gasteiger charge is -2.01. The highest BCUT2D eigenvalue weighted by atomic mass is 32.2. The van der Waals surface area contributed by atoms with Crippen LogP contribution in [0.5, 0.6) is 11.5 Å². The Kier molecular flexibility index (Phi) is 5.44. The number of phenols is 1. The molecule has 0 aliphatic heterocycles. The average molecular weight is 250 g/mol. The molecule has 17 heavy (non-hydrogen) atoms. The smallest absolute Gasteiger partial charge is 0.185 e. The predicted octanol–water partition coefficient (Wildman–Crippen LogP) is 2.42. The topological polar surface area (TPSA) is 46.5 Å². The van der Waals surface area contributed by atoms with Crippen molar-refractivity contribution >= 4 is 16.9 Å². The standard InChI is InChI=1S/C13H14O3S/c1-10(14)17-8-4-3-5-11-9-12(16-2)6-7-13(11)15/h6-7,9,15H,4,8H2,1-2H3. The molecule has 3 nitrogen and oxygen atoms in total. The maximum Gasteiger partial charge on any atom is 0.185 e. The first-order valence-electron chi connectivity index (χ1n) is 5.12. The van der Waals surface area contributed by atoms with Gasteiger partial charge in [0.15, 0.2) is 5.12 Å². The van der Waals surface area contributed by atoms with Gasteiger partial charge in [0, 0.05) is 19.1 Å². The summed E-state index contributed by atoms with van der Waals surface area (Å²) in [4.78, 5) is 10.7. The minimum Gasteiger partial charge on any atom is -0.507 e. The summed E-state index contributed by atoms with van der Waals surface area (Å²) in [5.41, 5.74) is 0.539. The number of thioether (sulfide) groups is 1. The molecule has 0 radical (unpaired) electrons. The van der Waals surface area contributed by atoms with E-state index in [1.165, 1.54) is 18.7 Å². The van der Waals surface area contributed by atoms with Crippen molar-refractivity contribution in [1.82, 2.24) is 0 Å². The van der Waals surface area contributed by atoms with Crippen LogP contribution in [0.2, 0.25) is 0 Å². The SMILES string of the molecule is COc1ccc(O)c(C#CCCSC(C)=O)c1. The van der Waals surface area contributed by atoms with E-state index in [9.17, 15) is 9.90 Å². The molecule has 1 N–H and O–H groups in total. The fourth-order valence-electron chi connectivity index (χ4n) is 1.15. The van der Waals surface area contributed by atoms with Gasteiger partial charge in [-0.15, -0.1) is 0 Å². The second-order valence-corrected chi connectivity index (χ2v) is 4.55. The fraction of sp³-hybridized carbons (Fsp3) is 0.308. The van der Waals surface area contributed by atoms with Crippen LogP contribution >= 0.6 is 11.8 Å². The van der Waals surface area contributed by atoms with Crippen LogP contribution in [0.1, 0.15) is 18.9 Å². The molecule has 0 aliphatic rings. The third kappa shape index (κ3) is 4.83. The lowest BCUT2D eigenvalue weighted by Crippen LogP contribution is -1.85. The highest BCUT2D eigenvalue weighted by molar-refractivity contribution is 8.13. The van der Waals surface area contributed by atoms with E-state index in [1.807, 2.05) is 0 Å². The first-order chi connectivity index (χ1) is 8.13. The van der Waals surface area contributed by atoms with E-state index in [-0.39, 0.29) is 10.9 Å². The van der Waals surface area contributed by atoms with Crippen molar-refractivity contribution in [3.05, 3.63) is 23.8 Å². The summed E-state index contributed by atoms with van der Waals surface area (Å²) in [7, 11) is 1.56. The van der Waals surface area contributed by atoms with Crippen molar-refractivity contribution < 1.29 is 14.6 Å². The number of carbonyl (C=O) groups excluding carboxylic acids is 1. The van der Waals surface area contributed by atoms with E-state index in [1.54, 1.807) is 25.3 Å². The minimum absolute atomic E-state index is 0.0935. The van der Waals surface area contributed by atoms with E-state index < -0.39 is 0 Å². The Morgan fingerprint density at radius 2 is 2.29 bits per heavy atom. The van der Waals surface area contributed by atoms with E-state index in [0.717, 1.165) is 0 Å². The minimum atomic E-state index is 0.0935. The van der Waals surface area contributed by atoms with Gasteiger partial charge in [0.25, 0.3) is 0 Å². The number of phenolic OH excluding ortho intramolecular Hbond substituents is 1. The summed E-state index contributed by atoms with van der Waals surface area (Å²) >= 11 is 1.25. The fourth-order valence-corrected chi connectivity index (χ4v) is 1.64. The van der Waals surface area contributed by atoms with Gasteiger partial charge in [0.05, 0.1) is 12.7 Å². The molecule has 0 saturated carbocycles. The molecule has 0 atom stereocenters. The first-order valence-corrected chi connectivity index (χ1v) is 6.11. The number of benzene rings is 1. The molecule has 0 aliphatic carbocycles. The molecule has 1 aromatic carbocycles. The van der Waals surface area contributed by atoms with Crippen LogP contribution in [-0.4, -0.2) is 23.1 Å². The van der Waals surface area contributed by atoms with Crippen molar-refractivity contribution in [3.63, 3.8) is 0 Å². The third-order valence-corrected chi connectivity index (χ3v) is 2.77. The average Bonchev–Trinajstić information content (AvgIpc) is 2.30. The Morgan fingerprint density at radius 3 is 2.94 bits per heavy atom. The van der Waals surface area contributed by atoms with Gasteiger partial charge in [-0.05, 0) is 18.2 Å². The van der Waals surface area contributed by atoms with Crippen molar-refractivity contribution in [2.75, 3.05) is 12.9 Å². The molecule has 0 aromatic heterocycles. The molecule has 4 heteroatoms. The van der Waals surface area contributed by atoms with Crippen molar-refractivity contribution in [2.24, 2.45) is 0 Å². The highest BCUT2D eigenvalue weighted by Crippen LogP contribution is 2.21. The number of hydrogen-bond donors (Lipinski definition) is 1. The van der Waals surface area contributed by atoms with E-state index in [0.29, 0.717) is 23.5 Å². The maximum atomic E-state index is 10.7. The molecule has 0 bridgehead atoms. The van der Waals surface area contributed by atoms with Gasteiger partial charge in [-0.3, -0.25) is 4.79 Å². The molecular formula is C13H14O3S. The monoisotopic (exact) mass is 250 g/mol. The molecule has 1 aromatic rings. The van der Waals surface area contributed by atoms with E-state index in [2.05, 4.69) is 11.8 Å². The number of methoxy groups -OCH3 is 1. The second kappa shape index (κ2) is 6.87.